The molecule has 1 N–H and O–H groups in total. The Kier molecular flexibility index (Phi) is 4.98. The van der Waals surface area contributed by atoms with Gasteiger partial charge in [0.1, 0.15) is 0 Å². The van der Waals surface area contributed by atoms with Gasteiger partial charge in [0.25, 0.3) is 0 Å². The number of rotatable bonds is 4. The number of fused-ring (bicyclic) bond motifs is 1. The summed E-state index contributed by atoms with van der Waals surface area (Å²) in [5.74, 6) is 0. The fourth-order valence-electron chi connectivity index (χ4n) is 3.59. The number of likely N-dealkylation sites (tertiary alicyclic amines) is 1. The molecular formula is C18H19F3N6O. The Morgan fingerprint density at radius 3 is 2.71 bits per heavy atom. The van der Waals surface area contributed by atoms with Crippen molar-refractivity contribution in [3.05, 3.63) is 42.5 Å². The van der Waals surface area contributed by atoms with Gasteiger partial charge in [0, 0.05) is 25.0 Å². The highest BCUT2D eigenvalue weighted by atomic mass is 19.4. The lowest BCUT2D eigenvalue weighted by atomic mass is 9.96. The molecule has 2 atom stereocenters. The fraction of sp³-hybridized carbons (Fsp3) is 0.444. The third-order valence-corrected chi connectivity index (χ3v) is 4.99. The summed E-state index contributed by atoms with van der Waals surface area (Å²) in [5.41, 5.74) is 2.74. The van der Waals surface area contributed by atoms with E-state index in [1.54, 1.807) is 28.2 Å². The van der Waals surface area contributed by atoms with Crippen LogP contribution in [-0.4, -0.2) is 59.8 Å². The minimum absolute atomic E-state index is 0.200. The molecule has 0 bridgehead atoms. The van der Waals surface area contributed by atoms with Crippen molar-refractivity contribution in [3.8, 4) is 5.69 Å². The zero-order valence-corrected chi connectivity index (χ0v) is 14.9. The van der Waals surface area contributed by atoms with Gasteiger partial charge in [-0.15, -0.1) is 5.10 Å². The number of benzene rings is 1. The summed E-state index contributed by atoms with van der Waals surface area (Å²) in [4.78, 5) is 10.1. The molecule has 2 aromatic heterocycles. The van der Waals surface area contributed by atoms with Gasteiger partial charge in [-0.3, -0.25) is 14.9 Å². The fourth-order valence-corrected chi connectivity index (χ4v) is 3.59. The van der Waals surface area contributed by atoms with Gasteiger partial charge < -0.3 is 5.11 Å². The molecule has 1 saturated heterocycles. The number of aromatic nitrogens is 5. The largest absolute Gasteiger partial charge is 0.415 e. The van der Waals surface area contributed by atoms with Crippen molar-refractivity contribution < 1.29 is 18.3 Å². The summed E-state index contributed by atoms with van der Waals surface area (Å²) in [6.07, 6.45) is -0.341. The second-order valence-corrected chi connectivity index (χ2v) is 6.90. The molecule has 1 fully saturated rings. The summed E-state index contributed by atoms with van der Waals surface area (Å²) in [6, 6.07) is 4.50. The number of piperidine rings is 1. The quantitative estimate of drug-likeness (QED) is 0.735. The summed E-state index contributed by atoms with van der Waals surface area (Å²) in [6.45, 7) is 0.682. The van der Waals surface area contributed by atoms with Gasteiger partial charge in [0.2, 0.25) is 0 Å². The number of hydrogen-bond acceptors (Lipinski definition) is 6. The highest BCUT2D eigenvalue weighted by Gasteiger charge is 2.46. The first-order chi connectivity index (χ1) is 13.4. The Balaban J connectivity index is 1.53. The van der Waals surface area contributed by atoms with E-state index in [9.17, 15) is 18.3 Å². The highest BCUT2D eigenvalue weighted by Crippen LogP contribution is 2.30. The molecule has 3 aromatic rings. The lowest BCUT2D eigenvalue weighted by Crippen LogP contribution is -2.51. The first kappa shape index (κ1) is 18.8. The van der Waals surface area contributed by atoms with Crippen LogP contribution in [0.5, 0.6) is 0 Å². The van der Waals surface area contributed by atoms with Crippen molar-refractivity contribution in [2.24, 2.45) is 0 Å². The van der Waals surface area contributed by atoms with E-state index in [1.165, 1.54) is 0 Å². The predicted octanol–water partition coefficient (Wildman–Crippen LogP) is 2.49. The molecule has 28 heavy (non-hydrogen) atoms. The van der Waals surface area contributed by atoms with Crippen LogP contribution in [0.15, 0.2) is 36.8 Å². The van der Waals surface area contributed by atoms with Gasteiger partial charge in [0.15, 0.2) is 6.10 Å². The maximum absolute atomic E-state index is 13.0. The molecule has 0 aliphatic carbocycles. The highest BCUT2D eigenvalue weighted by molar-refractivity contribution is 5.76. The standard InChI is InChI=1S/C18H19F3N6O/c19-18(20,21)17(28)16-3-1-2-8-26(16)10-12-11-27(25-24-12)13-4-5-14-15(9-13)23-7-6-22-14/h4-7,9,11,16-17,28H,1-3,8,10H2. The van der Waals surface area contributed by atoms with E-state index in [-0.39, 0.29) is 6.54 Å². The first-order valence-corrected chi connectivity index (χ1v) is 9.03. The Hall–Kier alpha value is -2.59. The third-order valence-electron chi connectivity index (χ3n) is 4.99. The minimum Gasteiger partial charge on any atom is -0.382 e. The second-order valence-electron chi connectivity index (χ2n) is 6.90. The molecular weight excluding hydrogens is 373 g/mol. The third kappa shape index (κ3) is 3.83. The van der Waals surface area contributed by atoms with Crippen LogP contribution in [0.4, 0.5) is 13.2 Å². The van der Waals surface area contributed by atoms with E-state index in [1.807, 2.05) is 18.2 Å². The number of halogens is 3. The van der Waals surface area contributed by atoms with Crippen LogP contribution >= 0.6 is 0 Å². The zero-order chi connectivity index (χ0) is 19.7. The summed E-state index contributed by atoms with van der Waals surface area (Å²) < 4.78 is 40.5. The van der Waals surface area contributed by atoms with Gasteiger partial charge in [-0.1, -0.05) is 11.6 Å². The van der Waals surface area contributed by atoms with Crippen LogP contribution < -0.4 is 0 Å². The number of nitrogens with zero attached hydrogens (tertiary/aromatic N) is 6. The maximum Gasteiger partial charge on any atom is 0.415 e. The molecule has 0 amide bonds. The van der Waals surface area contributed by atoms with Crippen LogP contribution in [0.2, 0.25) is 0 Å². The Morgan fingerprint density at radius 2 is 1.93 bits per heavy atom. The van der Waals surface area contributed by atoms with Crippen LogP contribution in [-0.2, 0) is 6.54 Å². The molecule has 4 rings (SSSR count). The molecule has 1 aliphatic heterocycles. The van der Waals surface area contributed by atoms with E-state index in [0.29, 0.717) is 30.6 Å². The smallest absolute Gasteiger partial charge is 0.382 e. The minimum atomic E-state index is -4.63. The summed E-state index contributed by atoms with van der Waals surface area (Å²) in [5, 5.41) is 17.9. The van der Waals surface area contributed by atoms with Crippen LogP contribution in [0.3, 0.4) is 0 Å². The molecule has 0 spiro atoms. The monoisotopic (exact) mass is 392 g/mol. The average Bonchev–Trinajstić information content (AvgIpc) is 3.15. The molecule has 0 radical (unpaired) electrons. The first-order valence-electron chi connectivity index (χ1n) is 9.03. The van der Waals surface area contributed by atoms with E-state index < -0.39 is 18.3 Å². The molecule has 2 unspecified atom stereocenters. The lowest BCUT2D eigenvalue weighted by molar-refractivity contribution is -0.225. The van der Waals surface area contributed by atoms with Gasteiger partial charge in [0.05, 0.1) is 28.6 Å². The molecule has 148 valence electrons. The topological polar surface area (TPSA) is 80.0 Å². The molecule has 1 aromatic carbocycles. The van der Waals surface area contributed by atoms with Gasteiger partial charge >= 0.3 is 6.18 Å². The van der Waals surface area contributed by atoms with Gasteiger partial charge in [-0.05, 0) is 37.6 Å². The lowest BCUT2D eigenvalue weighted by Gasteiger charge is -2.38. The molecule has 1 aliphatic rings. The van der Waals surface area contributed by atoms with Crippen molar-refractivity contribution in [2.45, 2.75) is 44.1 Å². The number of aliphatic hydroxyl groups excluding tert-OH is 1. The average molecular weight is 392 g/mol. The van der Waals surface area contributed by atoms with E-state index >= 15 is 0 Å². The van der Waals surface area contributed by atoms with Gasteiger partial charge in [-0.25, -0.2) is 4.68 Å². The Morgan fingerprint density at radius 1 is 1.14 bits per heavy atom. The number of hydrogen-bond donors (Lipinski definition) is 1. The van der Waals surface area contributed by atoms with Crippen molar-refractivity contribution in [2.75, 3.05) is 6.54 Å². The van der Waals surface area contributed by atoms with E-state index in [0.717, 1.165) is 17.6 Å². The van der Waals surface area contributed by atoms with Gasteiger partial charge in [-0.2, -0.15) is 13.2 Å². The number of aliphatic hydroxyl groups is 1. The maximum atomic E-state index is 13.0. The summed E-state index contributed by atoms with van der Waals surface area (Å²) >= 11 is 0. The molecule has 7 nitrogen and oxygen atoms in total. The van der Waals surface area contributed by atoms with Crippen molar-refractivity contribution in [1.29, 1.82) is 0 Å². The molecule has 3 heterocycles. The Labute approximate surface area is 158 Å². The zero-order valence-electron chi connectivity index (χ0n) is 14.9. The van der Waals surface area contributed by atoms with E-state index in [2.05, 4.69) is 20.3 Å². The van der Waals surface area contributed by atoms with E-state index in [4.69, 9.17) is 0 Å². The SMILES string of the molecule is OC(C1CCCCN1Cc1cn(-c2ccc3nccnc3c2)nn1)C(F)(F)F. The van der Waals surface area contributed by atoms with Crippen LogP contribution in [0.25, 0.3) is 16.7 Å². The second kappa shape index (κ2) is 7.44. The molecule has 10 heteroatoms. The molecule has 0 saturated carbocycles. The van der Waals surface area contributed by atoms with Crippen LogP contribution in [0.1, 0.15) is 25.0 Å². The normalized spacial score (nSPS) is 19.8. The van der Waals surface area contributed by atoms with Crippen molar-refractivity contribution in [1.82, 2.24) is 29.9 Å². The number of alkyl halides is 3. The summed E-state index contributed by atoms with van der Waals surface area (Å²) in [7, 11) is 0. The van der Waals surface area contributed by atoms with Crippen LogP contribution in [0, 0.1) is 0 Å². The Bertz CT molecular complexity index is 960. The van der Waals surface area contributed by atoms with Crippen molar-refractivity contribution in [3.63, 3.8) is 0 Å². The predicted molar refractivity (Wildman–Crippen MR) is 94.6 cm³/mol. The van der Waals surface area contributed by atoms with Crippen molar-refractivity contribution >= 4 is 11.0 Å².